The average molecular weight is 721 g/mol. The van der Waals surface area contributed by atoms with E-state index < -0.39 is 25.9 Å². The summed E-state index contributed by atoms with van der Waals surface area (Å²) >= 11 is 5.89. The molecule has 0 aliphatic heterocycles. The molecular weight excluding hydrogens is 691 g/mol. The summed E-state index contributed by atoms with van der Waals surface area (Å²) in [6.07, 6.45) is 1.22. The van der Waals surface area contributed by atoms with E-state index >= 15 is 0 Å². The third kappa shape index (κ3) is 8.71. The lowest BCUT2D eigenvalue weighted by Gasteiger charge is -2.13. The molecule has 1 aromatic heterocycles. The van der Waals surface area contributed by atoms with Crippen molar-refractivity contribution in [3.8, 4) is 34.4 Å². The fraction of sp³-hybridized carbons (Fsp3) is 0.161. The summed E-state index contributed by atoms with van der Waals surface area (Å²) in [5.74, 6) is 0.972. The molecule has 0 aliphatic rings. The maximum atomic E-state index is 13.7. The van der Waals surface area contributed by atoms with Crippen molar-refractivity contribution in [2.24, 2.45) is 0 Å². The Labute approximate surface area is 281 Å². The third-order valence-electron chi connectivity index (χ3n) is 6.58. The molecular formula is C31H30ClFN4O9S2. The van der Waals surface area contributed by atoms with Gasteiger partial charge < -0.3 is 23.5 Å². The molecule has 5 rings (SSSR count). The highest BCUT2D eigenvalue weighted by molar-refractivity contribution is 7.92. The van der Waals surface area contributed by atoms with E-state index in [1.165, 1.54) is 77.3 Å². The molecule has 0 bridgehead atoms. The van der Waals surface area contributed by atoms with Crippen LogP contribution in [0.5, 0.6) is 23.0 Å². The summed E-state index contributed by atoms with van der Waals surface area (Å²) in [7, 11) is -2.17. The van der Waals surface area contributed by atoms with Crippen LogP contribution in [0.2, 0.25) is 5.02 Å². The van der Waals surface area contributed by atoms with Gasteiger partial charge in [0, 0.05) is 40.5 Å². The van der Waals surface area contributed by atoms with Crippen LogP contribution >= 0.6 is 11.6 Å². The molecule has 0 aliphatic carbocycles. The molecule has 0 amide bonds. The highest BCUT2D eigenvalue weighted by atomic mass is 35.5. The zero-order valence-corrected chi connectivity index (χ0v) is 28.3. The molecule has 17 heteroatoms. The van der Waals surface area contributed by atoms with Crippen molar-refractivity contribution in [3.63, 3.8) is 0 Å². The topological polar surface area (TPSA) is 168 Å². The van der Waals surface area contributed by atoms with Gasteiger partial charge in [-0.3, -0.25) is 4.72 Å². The molecule has 0 radical (unpaired) electrons. The lowest BCUT2D eigenvalue weighted by Crippen LogP contribution is -2.24. The Morgan fingerprint density at radius 1 is 0.771 bits per heavy atom. The molecule has 0 unspecified atom stereocenters. The van der Waals surface area contributed by atoms with Crippen LogP contribution in [0.1, 0.15) is 5.56 Å². The van der Waals surface area contributed by atoms with Crippen LogP contribution in [0.4, 0.5) is 10.1 Å². The molecule has 254 valence electrons. The molecule has 48 heavy (non-hydrogen) atoms. The average Bonchev–Trinajstić information content (AvgIpc) is 3.63. The Balaban J connectivity index is 0.000000218. The number of methoxy groups -OCH3 is 4. The third-order valence-corrected chi connectivity index (χ3v) is 9.76. The Bertz CT molecular complexity index is 2040. The first kappa shape index (κ1) is 35.9. The molecule has 13 nitrogen and oxygen atoms in total. The zero-order valence-electron chi connectivity index (χ0n) is 25.9. The standard InChI is InChI=1S/C16H15N3O5S.C15H15ClFNO4S/c1-22-13-7-8-14(23-2)15(9-13)25(20,21)19-12-5-3-11(4-6-12)16-17-10-24-18-16;1-21-10-6-7-14(22-2)15(8-10)23(19,20)18-9-11-12(16)4-3-5-13(11)17/h3-10,19H,1-2H3;3-8,18H,9H2,1-2H3. The number of halogens is 2. The van der Waals surface area contributed by atoms with Gasteiger partial charge >= 0.3 is 0 Å². The lowest BCUT2D eigenvalue weighted by atomic mass is 10.2. The van der Waals surface area contributed by atoms with Gasteiger partial charge in [0.2, 0.25) is 22.2 Å². The van der Waals surface area contributed by atoms with Crippen LogP contribution in [-0.4, -0.2) is 55.4 Å². The van der Waals surface area contributed by atoms with Crippen molar-refractivity contribution in [2.45, 2.75) is 16.3 Å². The van der Waals surface area contributed by atoms with E-state index in [0.717, 1.165) is 0 Å². The van der Waals surface area contributed by atoms with Crippen LogP contribution in [0, 0.1) is 5.82 Å². The molecule has 2 N–H and O–H groups in total. The predicted octanol–water partition coefficient (Wildman–Crippen LogP) is 5.53. The number of ether oxygens (including phenoxy) is 4. The summed E-state index contributed by atoms with van der Waals surface area (Å²) in [5, 5.41) is 3.87. The number of anilines is 1. The van der Waals surface area contributed by atoms with Gasteiger partial charge in [-0.2, -0.15) is 4.98 Å². The van der Waals surface area contributed by atoms with Gasteiger partial charge in [0.05, 0.1) is 28.4 Å². The minimum Gasteiger partial charge on any atom is -0.497 e. The normalized spacial score (nSPS) is 11.2. The molecule has 4 aromatic carbocycles. The molecule has 0 fully saturated rings. The summed E-state index contributed by atoms with van der Waals surface area (Å²) in [6, 6.07) is 19.7. The van der Waals surface area contributed by atoms with Crippen LogP contribution in [0.25, 0.3) is 11.4 Å². The maximum Gasteiger partial charge on any atom is 0.265 e. The molecule has 0 saturated carbocycles. The number of hydrogen-bond donors (Lipinski definition) is 2. The van der Waals surface area contributed by atoms with Crippen molar-refractivity contribution in [3.05, 3.63) is 102 Å². The van der Waals surface area contributed by atoms with Gasteiger partial charge in [-0.25, -0.2) is 25.9 Å². The fourth-order valence-electron chi connectivity index (χ4n) is 4.13. The molecule has 0 saturated heterocycles. The quantitative estimate of drug-likeness (QED) is 0.166. The number of rotatable bonds is 12. The van der Waals surface area contributed by atoms with E-state index in [-0.39, 0.29) is 38.4 Å². The highest BCUT2D eigenvalue weighted by Crippen LogP contribution is 2.31. The van der Waals surface area contributed by atoms with Crippen molar-refractivity contribution < 1.29 is 44.7 Å². The van der Waals surface area contributed by atoms with E-state index in [9.17, 15) is 21.2 Å². The summed E-state index contributed by atoms with van der Waals surface area (Å²) in [4.78, 5) is 3.81. The smallest absolute Gasteiger partial charge is 0.265 e. The SMILES string of the molecule is COc1ccc(OC)c(S(=O)(=O)NCc2c(F)cccc2Cl)c1.COc1ccc(OC)c(S(=O)(=O)Nc2ccc(-c3ncon3)cc2)c1. The van der Waals surface area contributed by atoms with E-state index in [0.29, 0.717) is 28.6 Å². The van der Waals surface area contributed by atoms with Gasteiger partial charge in [-0.15, -0.1) is 0 Å². The molecule has 0 atom stereocenters. The number of nitrogens with one attached hydrogen (secondary N) is 2. The van der Waals surface area contributed by atoms with Crippen LogP contribution in [-0.2, 0) is 26.6 Å². The second-order valence-corrected chi connectivity index (χ2v) is 13.3. The second-order valence-electron chi connectivity index (χ2n) is 9.50. The first-order chi connectivity index (χ1) is 22.9. The summed E-state index contributed by atoms with van der Waals surface area (Å²) in [6.45, 7) is -0.284. The Morgan fingerprint density at radius 2 is 1.35 bits per heavy atom. The van der Waals surface area contributed by atoms with Crippen molar-refractivity contribution in [1.29, 1.82) is 0 Å². The second kappa shape index (κ2) is 15.8. The minimum absolute atomic E-state index is 0.0170. The first-order valence-corrected chi connectivity index (χ1v) is 17.0. The van der Waals surface area contributed by atoms with Gasteiger partial charge in [0.1, 0.15) is 38.6 Å². The van der Waals surface area contributed by atoms with Gasteiger partial charge in [-0.05, 0) is 60.7 Å². The Morgan fingerprint density at radius 3 is 1.85 bits per heavy atom. The van der Waals surface area contributed by atoms with E-state index in [2.05, 4.69) is 24.1 Å². The van der Waals surface area contributed by atoms with Gasteiger partial charge in [-0.1, -0.05) is 22.8 Å². The minimum atomic E-state index is -3.95. The van der Waals surface area contributed by atoms with Crippen molar-refractivity contribution >= 4 is 37.3 Å². The number of nitrogens with zero attached hydrogens (tertiary/aromatic N) is 2. The van der Waals surface area contributed by atoms with Crippen LogP contribution in [0.3, 0.4) is 0 Å². The monoisotopic (exact) mass is 720 g/mol. The number of benzene rings is 4. The van der Waals surface area contributed by atoms with Crippen molar-refractivity contribution in [2.75, 3.05) is 33.2 Å². The number of hydrogen-bond acceptors (Lipinski definition) is 11. The highest BCUT2D eigenvalue weighted by Gasteiger charge is 2.22. The largest absolute Gasteiger partial charge is 0.497 e. The van der Waals surface area contributed by atoms with E-state index in [1.807, 2.05) is 0 Å². The zero-order chi connectivity index (χ0) is 34.9. The summed E-state index contributed by atoms with van der Waals surface area (Å²) in [5.41, 5.74) is 1.16. The predicted molar refractivity (Wildman–Crippen MR) is 175 cm³/mol. The van der Waals surface area contributed by atoms with Crippen LogP contribution in [0.15, 0.2) is 99.6 Å². The summed E-state index contributed by atoms with van der Waals surface area (Å²) < 4.78 is 93.8. The van der Waals surface area contributed by atoms with Gasteiger partial charge in [0.25, 0.3) is 10.0 Å². The molecule has 1 heterocycles. The van der Waals surface area contributed by atoms with Crippen LogP contribution < -0.4 is 28.4 Å². The van der Waals surface area contributed by atoms with E-state index in [4.69, 9.17) is 30.5 Å². The Kier molecular flexibility index (Phi) is 11.8. The number of aromatic nitrogens is 2. The van der Waals surface area contributed by atoms with E-state index in [1.54, 1.807) is 36.4 Å². The van der Waals surface area contributed by atoms with Gasteiger partial charge in [0.15, 0.2) is 0 Å². The molecule has 0 spiro atoms. The van der Waals surface area contributed by atoms with Crippen molar-refractivity contribution in [1.82, 2.24) is 14.9 Å². The lowest BCUT2D eigenvalue weighted by molar-refractivity contribution is 0.392. The molecule has 5 aromatic rings. The maximum absolute atomic E-state index is 13.7. The first-order valence-electron chi connectivity index (χ1n) is 13.7. The number of sulfonamides is 2. The Hall–Kier alpha value is -4.90. The fourth-order valence-corrected chi connectivity index (χ4v) is 6.78.